The second-order valence-corrected chi connectivity index (χ2v) is 6.08. The predicted octanol–water partition coefficient (Wildman–Crippen LogP) is 2.14. The van der Waals surface area contributed by atoms with Crippen LogP contribution in [-0.2, 0) is 19.1 Å². The Morgan fingerprint density at radius 1 is 1.14 bits per heavy atom. The van der Waals surface area contributed by atoms with Gasteiger partial charge in [0.2, 0.25) is 5.91 Å². The first-order chi connectivity index (χ1) is 10.2. The van der Waals surface area contributed by atoms with Gasteiger partial charge in [0.1, 0.15) is 0 Å². The minimum atomic E-state index is -0.260. The van der Waals surface area contributed by atoms with E-state index in [1.54, 1.807) is 0 Å². The van der Waals surface area contributed by atoms with Crippen LogP contribution in [0.3, 0.4) is 0 Å². The summed E-state index contributed by atoms with van der Waals surface area (Å²) in [5, 5.41) is 0. The highest BCUT2D eigenvalue weighted by Gasteiger charge is 2.29. The summed E-state index contributed by atoms with van der Waals surface area (Å²) >= 11 is 0. The van der Waals surface area contributed by atoms with Crippen LogP contribution in [0.5, 0.6) is 0 Å². The Kier molecular flexibility index (Phi) is 6.49. The van der Waals surface area contributed by atoms with E-state index < -0.39 is 0 Å². The average Bonchev–Trinajstić information content (AvgIpc) is 3.04. The van der Waals surface area contributed by atoms with Gasteiger partial charge < -0.3 is 14.4 Å². The van der Waals surface area contributed by atoms with Crippen molar-refractivity contribution in [2.24, 2.45) is 5.92 Å². The third kappa shape index (κ3) is 4.99. The van der Waals surface area contributed by atoms with Gasteiger partial charge in [-0.05, 0) is 25.7 Å². The van der Waals surface area contributed by atoms with Crippen LogP contribution in [0.25, 0.3) is 0 Å². The molecular formula is C16H27NO4. The number of methoxy groups -OCH3 is 1. The van der Waals surface area contributed by atoms with E-state index in [1.807, 2.05) is 4.90 Å². The maximum atomic E-state index is 12.7. The van der Waals surface area contributed by atoms with Crippen LogP contribution in [0.15, 0.2) is 0 Å². The van der Waals surface area contributed by atoms with Crippen molar-refractivity contribution >= 4 is 11.9 Å². The Labute approximate surface area is 127 Å². The van der Waals surface area contributed by atoms with Crippen LogP contribution in [0.2, 0.25) is 0 Å². The smallest absolute Gasteiger partial charge is 0.307 e. The molecule has 1 unspecified atom stereocenters. The van der Waals surface area contributed by atoms with E-state index in [0.717, 1.165) is 45.1 Å². The molecule has 1 atom stereocenters. The molecule has 21 heavy (non-hydrogen) atoms. The zero-order valence-corrected chi connectivity index (χ0v) is 13.0. The molecule has 0 aromatic heterocycles. The van der Waals surface area contributed by atoms with Crippen LogP contribution in [0.4, 0.5) is 0 Å². The lowest BCUT2D eigenvalue weighted by atomic mass is 9.88. The summed E-state index contributed by atoms with van der Waals surface area (Å²) in [4.78, 5) is 25.9. The fourth-order valence-electron chi connectivity index (χ4n) is 3.26. The van der Waals surface area contributed by atoms with Gasteiger partial charge in [-0.2, -0.15) is 0 Å². The van der Waals surface area contributed by atoms with Gasteiger partial charge in [0, 0.05) is 25.6 Å². The summed E-state index contributed by atoms with van der Waals surface area (Å²) < 4.78 is 10.3. The van der Waals surface area contributed by atoms with Crippen LogP contribution in [0.1, 0.15) is 51.4 Å². The fraction of sp³-hybridized carbons (Fsp3) is 0.875. The molecule has 2 rings (SSSR count). The number of carbonyl (C=O) groups is 2. The van der Waals surface area contributed by atoms with Crippen molar-refractivity contribution < 1.29 is 19.1 Å². The number of hydrogen-bond acceptors (Lipinski definition) is 4. The molecule has 2 fully saturated rings. The van der Waals surface area contributed by atoms with Crippen LogP contribution in [-0.4, -0.2) is 49.7 Å². The van der Waals surface area contributed by atoms with Gasteiger partial charge in [-0.15, -0.1) is 0 Å². The van der Waals surface area contributed by atoms with Crippen LogP contribution in [0, 0.1) is 5.92 Å². The molecule has 1 saturated carbocycles. The number of rotatable bonds is 6. The Hall–Kier alpha value is -1.10. The van der Waals surface area contributed by atoms with E-state index in [2.05, 4.69) is 4.74 Å². The lowest BCUT2D eigenvalue weighted by Gasteiger charge is -2.30. The van der Waals surface area contributed by atoms with Gasteiger partial charge in [0.15, 0.2) is 0 Å². The standard InChI is InChI=1S/C16H27NO4/c1-20-15(18)9-10-17(12-14-8-5-11-21-14)16(19)13-6-3-2-4-7-13/h13-14H,2-12H2,1H3. The van der Waals surface area contributed by atoms with Crippen molar-refractivity contribution in [3.8, 4) is 0 Å². The first-order valence-electron chi connectivity index (χ1n) is 8.18. The van der Waals surface area contributed by atoms with Gasteiger partial charge in [-0.25, -0.2) is 0 Å². The molecule has 120 valence electrons. The average molecular weight is 297 g/mol. The topological polar surface area (TPSA) is 55.8 Å². The molecule has 0 N–H and O–H groups in total. The van der Waals surface area contributed by atoms with Crippen molar-refractivity contribution in [3.63, 3.8) is 0 Å². The van der Waals surface area contributed by atoms with Gasteiger partial charge >= 0.3 is 5.97 Å². The summed E-state index contributed by atoms with van der Waals surface area (Å²) in [6, 6.07) is 0. The second kappa shape index (κ2) is 8.37. The van der Waals surface area contributed by atoms with Crippen molar-refractivity contribution in [2.75, 3.05) is 26.8 Å². The van der Waals surface area contributed by atoms with E-state index in [-0.39, 0.29) is 30.3 Å². The Morgan fingerprint density at radius 2 is 1.90 bits per heavy atom. The molecule has 5 heteroatoms. The molecule has 0 aromatic carbocycles. The summed E-state index contributed by atoms with van der Waals surface area (Å²) in [6.07, 6.45) is 7.95. The number of carbonyl (C=O) groups excluding carboxylic acids is 2. The summed E-state index contributed by atoms with van der Waals surface area (Å²) in [7, 11) is 1.38. The highest BCUT2D eigenvalue weighted by atomic mass is 16.5. The zero-order valence-electron chi connectivity index (χ0n) is 13.0. The third-order valence-electron chi connectivity index (χ3n) is 4.53. The van der Waals surface area contributed by atoms with Crippen LogP contribution >= 0.6 is 0 Å². The monoisotopic (exact) mass is 297 g/mol. The molecule has 1 amide bonds. The van der Waals surface area contributed by atoms with E-state index >= 15 is 0 Å². The second-order valence-electron chi connectivity index (χ2n) is 6.08. The molecule has 1 aliphatic carbocycles. The van der Waals surface area contributed by atoms with E-state index in [9.17, 15) is 9.59 Å². The number of ether oxygens (including phenoxy) is 2. The van der Waals surface area contributed by atoms with Crippen molar-refractivity contribution in [1.29, 1.82) is 0 Å². The van der Waals surface area contributed by atoms with Gasteiger partial charge in [-0.3, -0.25) is 9.59 Å². The lowest BCUT2D eigenvalue weighted by Crippen LogP contribution is -2.42. The molecule has 0 radical (unpaired) electrons. The first kappa shape index (κ1) is 16.3. The largest absolute Gasteiger partial charge is 0.469 e. The summed E-state index contributed by atoms with van der Waals surface area (Å²) in [5.41, 5.74) is 0. The van der Waals surface area contributed by atoms with Crippen molar-refractivity contribution in [3.05, 3.63) is 0 Å². The maximum absolute atomic E-state index is 12.7. The quantitative estimate of drug-likeness (QED) is 0.705. The molecule has 0 aromatic rings. The SMILES string of the molecule is COC(=O)CCN(CC1CCCO1)C(=O)C1CCCCC1. The maximum Gasteiger partial charge on any atom is 0.307 e. The van der Waals surface area contributed by atoms with Crippen LogP contribution < -0.4 is 0 Å². The molecular weight excluding hydrogens is 270 g/mol. The molecule has 0 spiro atoms. The molecule has 0 bridgehead atoms. The summed E-state index contributed by atoms with van der Waals surface area (Å²) in [5.74, 6) is 0.0793. The minimum Gasteiger partial charge on any atom is -0.469 e. The number of esters is 1. The van der Waals surface area contributed by atoms with E-state index in [1.165, 1.54) is 13.5 Å². The third-order valence-corrected chi connectivity index (χ3v) is 4.53. The van der Waals surface area contributed by atoms with Gasteiger partial charge in [0.25, 0.3) is 0 Å². The molecule has 1 aliphatic heterocycles. The number of amides is 1. The molecule has 2 aliphatic rings. The molecule has 1 heterocycles. The highest BCUT2D eigenvalue weighted by Crippen LogP contribution is 2.26. The Bertz CT molecular complexity index is 346. The van der Waals surface area contributed by atoms with Gasteiger partial charge in [-0.1, -0.05) is 19.3 Å². The van der Waals surface area contributed by atoms with E-state index in [4.69, 9.17) is 4.74 Å². The van der Waals surface area contributed by atoms with Gasteiger partial charge in [0.05, 0.1) is 19.6 Å². The minimum absolute atomic E-state index is 0.134. The fourth-order valence-corrected chi connectivity index (χ4v) is 3.26. The predicted molar refractivity (Wildman–Crippen MR) is 78.8 cm³/mol. The number of nitrogens with zero attached hydrogens (tertiary/aromatic N) is 1. The first-order valence-corrected chi connectivity index (χ1v) is 8.18. The summed E-state index contributed by atoms with van der Waals surface area (Å²) in [6.45, 7) is 1.85. The van der Waals surface area contributed by atoms with E-state index in [0.29, 0.717) is 13.1 Å². The highest BCUT2D eigenvalue weighted by molar-refractivity contribution is 5.79. The van der Waals surface area contributed by atoms with Crippen molar-refractivity contribution in [1.82, 2.24) is 4.90 Å². The van der Waals surface area contributed by atoms with Crippen molar-refractivity contribution in [2.45, 2.75) is 57.5 Å². The Balaban J connectivity index is 1.91. The molecule has 1 saturated heterocycles. The Morgan fingerprint density at radius 3 is 2.52 bits per heavy atom. The zero-order chi connectivity index (χ0) is 15.1. The molecule has 5 nitrogen and oxygen atoms in total. The lowest BCUT2D eigenvalue weighted by molar-refractivity contribution is -0.143. The number of hydrogen-bond donors (Lipinski definition) is 0. The normalized spacial score (nSPS) is 23.0.